The number of nitrogens with zero attached hydrogens (tertiary/aromatic N) is 5. The number of benzene rings is 2. The van der Waals surface area contributed by atoms with Crippen molar-refractivity contribution in [2.75, 3.05) is 38.7 Å². The molecule has 1 saturated carbocycles. The number of ether oxygens (including phenoxy) is 1. The number of nitroso groups, excluding NO2 is 1. The van der Waals surface area contributed by atoms with Crippen molar-refractivity contribution in [1.82, 2.24) is 14.0 Å². The maximum absolute atomic E-state index is 15.9. The van der Waals surface area contributed by atoms with E-state index in [4.69, 9.17) is 4.74 Å². The Morgan fingerprint density at radius 3 is 2.67 bits per heavy atom. The largest absolute Gasteiger partial charge is 0.493 e. The van der Waals surface area contributed by atoms with E-state index in [0.29, 0.717) is 42.8 Å². The highest BCUT2D eigenvalue weighted by atomic mass is 19.1. The number of pyridine rings is 1. The highest BCUT2D eigenvalue weighted by Gasteiger charge is 2.33. The maximum atomic E-state index is 15.9. The minimum Gasteiger partial charge on any atom is -0.493 e. The fourth-order valence-corrected chi connectivity index (χ4v) is 6.46. The number of anilines is 1. The van der Waals surface area contributed by atoms with Gasteiger partial charge in [-0.25, -0.2) is 4.39 Å². The minimum atomic E-state index is -1.12. The number of piperidine rings is 1. The van der Waals surface area contributed by atoms with Gasteiger partial charge in [-0.05, 0) is 50.0 Å². The van der Waals surface area contributed by atoms with Crippen LogP contribution in [-0.4, -0.2) is 70.1 Å². The van der Waals surface area contributed by atoms with Crippen molar-refractivity contribution in [3.05, 3.63) is 63.0 Å². The van der Waals surface area contributed by atoms with Crippen LogP contribution in [0.1, 0.15) is 37.3 Å². The van der Waals surface area contributed by atoms with Gasteiger partial charge in [0.1, 0.15) is 5.69 Å². The summed E-state index contributed by atoms with van der Waals surface area (Å²) in [4.78, 5) is 40.2. The van der Waals surface area contributed by atoms with E-state index in [0.717, 1.165) is 31.2 Å². The average molecular weight is 592 g/mol. The van der Waals surface area contributed by atoms with Gasteiger partial charge in [-0.2, -0.15) is 0 Å². The Morgan fingerprint density at radius 1 is 1.21 bits per heavy atom. The molecule has 0 spiro atoms. The summed E-state index contributed by atoms with van der Waals surface area (Å²) in [5.41, 5.74) is 1.17. The summed E-state index contributed by atoms with van der Waals surface area (Å²) in [6, 6.07) is 8.62. The summed E-state index contributed by atoms with van der Waals surface area (Å²) >= 11 is 0. The van der Waals surface area contributed by atoms with Crippen molar-refractivity contribution in [2.45, 2.75) is 50.7 Å². The van der Waals surface area contributed by atoms with E-state index < -0.39 is 23.6 Å². The molecule has 226 valence electrons. The number of fused-ring (bicyclic) bond motifs is 2. The van der Waals surface area contributed by atoms with E-state index >= 15 is 4.39 Å². The van der Waals surface area contributed by atoms with Crippen LogP contribution in [-0.2, 0) is 17.8 Å². The zero-order valence-corrected chi connectivity index (χ0v) is 24.1. The predicted molar refractivity (Wildman–Crippen MR) is 161 cm³/mol. The number of methoxy groups -OCH3 is 1. The number of hydrogen-bond donors (Lipinski definition) is 2. The van der Waals surface area contributed by atoms with Gasteiger partial charge in [0.05, 0.1) is 30.0 Å². The van der Waals surface area contributed by atoms with Gasteiger partial charge in [0.25, 0.3) is 0 Å². The number of rotatable bonds is 10. The molecule has 1 unspecified atom stereocenters. The standard InChI is InChI=1S/C31H34FN5O6/c1-34(12-13-36-24-8-4-3-7-21(24)26(33-42)31(36)41)20-6-5-11-35(17-20)28-23(32)15-22-27(30(28)43-2)37(19-9-10-19)16-18(29(22)40)14-25(38)39/h3-4,7-8,15-16,19-20,41H,5-6,9-14,17H2,1-2H3,(H,38,39). The number of carboxylic acids is 1. The molecule has 2 aromatic heterocycles. The smallest absolute Gasteiger partial charge is 0.308 e. The van der Waals surface area contributed by atoms with Crippen LogP contribution >= 0.6 is 0 Å². The van der Waals surface area contributed by atoms with Crippen LogP contribution in [0, 0.1) is 10.7 Å². The topological polar surface area (TPSA) is 130 Å². The lowest BCUT2D eigenvalue weighted by Crippen LogP contribution is -2.47. The van der Waals surface area contributed by atoms with Crippen LogP contribution in [0.4, 0.5) is 15.8 Å². The average Bonchev–Trinajstić information content (AvgIpc) is 3.80. The molecule has 2 aromatic carbocycles. The first-order valence-electron chi connectivity index (χ1n) is 14.5. The van der Waals surface area contributed by atoms with Crippen molar-refractivity contribution in [2.24, 2.45) is 5.18 Å². The summed E-state index contributed by atoms with van der Waals surface area (Å²) in [6.45, 7) is 2.10. The number of aliphatic carboxylic acids is 1. The predicted octanol–water partition coefficient (Wildman–Crippen LogP) is 4.77. The Hall–Kier alpha value is -4.45. The van der Waals surface area contributed by atoms with Gasteiger partial charge in [-0.15, -0.1) is 4.91 Å². The number of likely N-dealkylation sites (N-methyl/N-ethyl adjacent to an activating group) is 1. The normalized spacial score (nSPS) is 17.2. The summed E-state index contributed by atoms with van der Waals surface area (Å²) in [5, 5.41) is 23.8. The lowest BCUT2D eigenvalue weighted by atomic mass is 10.0. The molecular formula is C31H34FN5O6. The molecule has 11 nitrogen and oxygen atoms in total. The van der Waals surface area contributed by atoms with E-state index in [2.05, 4.69) is 10.1 Å². The summed E-state index contributed by atoms with van der Waals surface area (Å²) < 4.78 is 25.3. The number of aromatic hydroxyl groups is 1. The molecule has 43 heavy (non-hydrogen) atoms. The van der Waals surface area contributed by atoms with E-state index in [1.165, 1.54) is 13.2 Å². The molecule has 6 rings (SSSR count). The van der Waals surface area contributed by atoms with E-state index in [-0.39, 0.29) is 40.4 Å². The Labute approximate surface area is 246 Å². The first kappa shape index (κ1) is 28.7. The lowest BCUT2D eigenvalue weighted by molar-refractivity contribution is -0.136. The first-order chi connectivity index (χ1) is 20.7. The minimum absolute atomic E-state index is 0.0284. The van der Waals surface area contributed by atoms with Gasteiger partial charge in [0.2, 0.25) is 5.88 Å². The van der Waals surface area contributed by atoms with Gasteiger partial charge in [-0.3, -0.25) is 14.5 Å². The van der Waals surface area contributed by atoms with Crippen LogP contribution in [0.2, 0.25) is 0 Å². The number of hydrogen-bond acceptors (Lipinski definition) is 8. The van der Waals surface area contributed by atoms with Crippen molar-refractivity contribution in [3.8, 4) is 11.6 Å². The fraction of sp³-hybridized carbons (Fsp3) is 0.419. The van der Waals surface area contributed by atoms with Gasteiger partial charge in [0, 0.05) is 55.4 Å². The highest BCUT2D eigenvalue weighted by Crippen LogP contribution is 2.44. The van der Waals surface area contributed by atoms with Crippen LogP contribution in [0.5, 0.6) is 11.6 Å². The van der Waals surface area contributed by atoms with Crippen LogP contribution < -0.4 is 15.1 Å². The molecule has 0 amide bonds. The van der Waals surface area contributed by atoms with Crippen molar-refractivity contribution in [3.63, 3.8) is 0 Å². The van der Waals surface area contributed by atoms with Crippen LogP contribution in [0.25, 0.3) is 21.8 Å². The monoisotopic (exact) mass is 591 g/mol. The summed E-state index contributed by atoms with van der Waals surface area (Å²) in [7, 11) is 3.45. The molecule has 1 aliphatic heterocycles. The zero-order valence-electron chi connectivity index (χ0n) is 24.1. The maximum Gasteiger partial charge on any atom is 0.308 e. The molecule has 0 bridgehead atoms. The highest BCUT2D eigenvalue weighted by molar-refractivity contribution is 5.95. The third-order valence-electron chi connectivity index (χ3n) is 8.78. The van der Waals surface area contributed by atoms with E-state index in [9.17, 15) is 24.7 Å². The van der Waals surface area contributed by atoms with Crippen molar-refractivity contribution >= 4 is 39.1 Å². The lowest BCUT2D eigenvalue weighted by Gasteiger charge is -2.39. The Kier molecular flexibility index (Phi) is 7.55. The summed E-state index contributed by atoms with van der Waals surface area (Å²) in [6.07, 6.45) is 4.62. The molecule has 2 N–H and O–H groups in total. The van der Waals surface area contributed by atoms with Crippen LogP contribution in [0.3, 0.4) is 0 Å². The summed E-state index contributed by atoms with van der Waals surface area (Å²) in [5.74, 6) is -1.59. The number of halogens is 1. The quantitative estimate of drug-likeness (QED) is 0.252. The Bertz CT molecular complexity index is 1800. The van der Waals surface area contributed by atoms with Crippen molar-refractivity contribution in [1.29, 1.82) is 0 Å². The van der Waals surface area contributed by atoms with E-state index in [1.54, 1.807) is 22.9 Å². The molecule has 1 atom stereocenters. The second-order valence-corrected chi connectivity index (χ2v) is 11.5. The molecule has 2 aliphatic rings. The number of carbonyl (C=O) groups is 1. The van der Waals surface area contributed by atoms with Gasteiger partial charge in [-0.1, -0.05) is 18.2 Å². The van der Waals surface area contributed by atoms with Gasteiger partial charge in [0.15, 0.2) is 22.7 Å². The third-order valence-corrected chi connectivity index (χ3v) is 8.78. The second-order valence-electron chi connectivity index (χ2n) is 11.5. The molecular weight excluding hydrogens is 557 g/mol. The third kappa shape index (κ3) is 5.09. The van der Waals surface area contributed by atoms with E-state index in [1.807, 2.05) is 28.6 Å². The SMILES string of the molecule is COc1c(N2CCCC(N(C)CCn3c(O)c(N=O)c4ccccc43)C2)c(F)cc2c(=O)c(CC(=O)O)cn(C3CC3)c12. The Morgan fingerprint density at radius 2 is 1.98 bits per heavy atom. The first-order valence-corrected chi connectivity index (χ1v) is 14.5. The molecule has 1 aliphatic carbocycles. The fourth-order valence-electron chi connectivity index (χ4n) is 6.46. The molecule has 0 radical (unpaired) electrons. The molecule has 12 heteroatoms. The molecule has 2 fully saturated rings. The van der Waals surface area contributed by atoms with Crippen LogP contribution in [0.15, 0.2) is 46.5 Å². The van der Waals surface area contributed by atoms with Crippen molar-refractivity contribution < 1.29 is 24.1 Å². The molecule has 3 heterocycles. The zero-order chi connectivity index (χ0) is 30.4. The number of para-hydroxylation sites is 1. The van der Waals surface area contributed by atoms with Gasteiger partial charge < -0.3 is 29.0 Å². The molecule has 1 saturated heterocycles. The second kappa shape index (κ2) is 11.3. The molecule has 4 aromatic rings. The Balaban J connectivity index is 1.30. The number of aromatic nitrogens is 2. The number of carboxylic acid groups (broad SMARTS) is 1. The van der Waals surface area contributed by atoms with Gasteiger partial charge >= 0.3 is 5.97 Å².